The number of carbonyl (C=O) groups is 1. The van der Waals surface area contributed by atoms with Crippen molar-refractivity contribution in [2.75, 3.05) is 7.11 Å². The minimum atomic E-state index is -0.992. The Bertz CT molecular complexity index is 593. The van der Waals surface area contributed by atoms with E-state index in [4.69, 9.17) is 9.31 Å². The summed E-state index contributed by atoms with van der Waals surface area (Å²) in [5.41, 5.74) is -1.23. The van der Waals surface area contributed by atoms with Crippen molar-refractivity contribution < 1.29 is 27.6 Å². The Kier molecular flexibility index (Phi) is 4.77. The molecule has 0 amide bonds. The summed E-state index contributed by atoms with van der Waals surface area (Å²) in [7, 11) is 0.365. The van der Waals surface area contributed by atoms with Gasteiger partial charge in [-0.05, 0) is 33.8 Å². The van der Waals surface area contributed by atoms with Crippen molar-refractivity contribution in [2.45, 2.75) is 51.1 Å². The average Bonchev–Trinajstić information content (AvgIpc) is 2.65. The molecule has 1 aliphatic rings. The molecule has 126 valence electrons. The second-order valence-electron chi connectivity index (χ2n) is 6.53. The van der Waals surface area contributed by atoms with E-state index in [0.29, 0.717) is 0 Å². The van der Waals surface area contributed by atoms with Gasteiger partial charge in [-0.1, -0.05) is 6.07 Å². The number of nitrogens with zero attached hydrogens (tertiary/aromatic N) is 1. The molecule has 0 aromatic carbocycles. The van der Waals surface area contributed by atoms with Gasteiger partial charge in [-0.3, -0.25) is 4.79 Å². The number of methoxy groups -OCH3 is 1. The number of ether oxygens (including phenoxy) is 1. The molecule has 0 N–H and O–H groups in total. The van der Waals surface area contributed by atoms with Gasteiger partial charge in [-0.2, -0.15) is 13.8 Å². The molecule has 8 heteroatoms. The summed E-state index contributed by atoms with van der Waals surface area (Å²) in [4.78, 5) is 14.9. The third kappa shape index (κ3) is 3.53. The largest absolute Gasteiger partial charge is 0.469 e. The standard InChI is InChI=1S/C15H20BF2NO4/c1-14(2)15(3,4)23-16(22-14)10(8-12(20)21-5)9-6-7-11(17)19-13(9)18/h6-7,10H,8H2,1-5H3. The predicted octanol–water partition coefficient (Wildman–Crippen LogP) is 2.64. The van der Waals surface area contributed by atoms with Crippen LogP contribution in [-0.2, 0) is 18.8 Å². The van der Waals surface area contributed by atoms with Gasteiger partial charge >= 0.3 is 13.1 Å². The molecule has 1 aromatic rings. The zero-order valence-electron chi connectivity index (χ0n) is 13.9. The van der Waals surface area contributed by atoms with Gasteiger partial charge in [-0.15, -0.1) is 0 Å². The van der Waals surface area contributed by atoms with E-state index < -0.39 is 42.0 Å². The van der Waals surface area contributed by atoms with Crippen LogP contribution in [0.15, 0.2) is 12.1 Å². The molecule has 1 atom stereocenters. The highest BCUT2D eigenvalue weighted by atomic mass is 19.1. The molecule has 1 aliphatic heterocycles. The van der Waals surface area contributed by atoms with Crippen molar-refractivity contribution in [1.82, 2.24) is 4.98 Å². The fourth-order valence-electron chi connectivity index (χ4n) is 2.37. The van der Waals surface area contributed by atoms with Crippen molar-refractivity contribution >= 4 is 13.1 Å². The normalized spacial score (nSPS) is 20.4. The van der Waals surface area contributed by atoms with Crippen LogP contribution in [0, 0.1) is 11.9 Å². The van der Waals surface area contributed by atoms with E-state index in [-0.39, 0.29) is 12.0 Å². The lowest BCUT2D eigenvalue weighted by Crippen LogP contribution is -2.41. The smallest absolute Gasteiger partial charge is 0.466 e. The number of aromatic nitrogens is 1. The molecule has 0 saturated carbocycles. The number of halogens is 2. The molecule has 1 unspecified atom stereocenters. The van der Waals surface area contributed by atoms with Gasteiger partial charge in [0.15, 0.2) is 0 Å². The van der Waals surface area contributed by atoms with Crippen LogP contribution in [0.4, 0.5) is 8.78 Å². The summed E-state index contributed by atoms with van der Waals surface area (Å²) in [5.74, 6) is -3.27. The Labute approximate surface area is 134 Å². The van der Waals surface area contributed by atoms with Gasteiger partial charge in [0, 0.05) is 11.4 Å². The molecule has 2 heterocycles. The molecule has 1 aromatic heterocycles. The molecule has 0 radical (unpaired) electrons. The first-order valence-corrected chi connectivity index (χ1v) is 7.32. The first kappa shape index (κ1) is 17.8. The predicted molar refractivity (Wildman–Crippen MR) is 79.6 cm³/mol. The van der Waals surface area contributed by atoms with Gasteiger partial charge in [-0.25, -0.2) is 0 Å². The number of pyridine rings is 1. The third-order valence-electron chi connectivity index (χ3n) is 4.46. The second-order valence-corrected chi connectivity index (χ2v) is 6.53. The van der Waals surface area contributed by atoms with E-state index in [1.54, 1.807) is 0 Å². The summed E-state index contributed by atoms with van der Waals surface area (Å²) >= 11 is 0. The molecule has 0 bridgehead atoms. The monoisotopic (exact) mass is 327 g/mol. The van der Waals surface area contributed by atoms with Crippen molar-refractivity contribution in [3.05, 3.63) is 29.6 Å². The molecule has 23 heavy (non-hydrogen) atoms. The van der Waals surface area contributed by atoms with Crippen LogP contribution >= 0.6 is 0 Å². The molecule has 5 nitrogen and oxygen atoms in total. The van der Waals surface area contributed by atoms with E-state index in [2.05, 4.69) is 9.72 Å². The van der Waals surface area contributed by atoms with Gasteiger partial charge in [0.05, 0.1) is 24.7 Å². The van der Waals surface area contributed by atoms with Crippen LogP contribution < -0.4 is 0 Å². The van der Waals surface area contributed by atoms with E-state index in [1.165, 1.54) is 13.2 Å². The average molecular weight is 327 g/mol. The Morgan fingerprint density at radius 2 is 1.83 bits per heavy atom. The fourth-order valence-corrected chi connectivity index (χ4v) is 2.37. The van der Waals surface area contributed by atoms with Crippen LogP contribution in [0.3, 0.4) is 0 Å². The minimum absolute atomic E-state index is 0.0512. The fraction of sp³-hybridized carbons (Fsp3) is 0.600. The van der Waals surface area contributed by atoms with E-state index in [1.807, 2.05) is 27.7 Å². The van der Waals surface area contributed by atoms with Crippen molar-refractivity contribution in [3.63, 3.8) is 0 Å². The highest BCUT2D eigenvalue weighted by molar-refractivity contribution is 6.48. The van der Waals surface area contributed by atoms with E-state index in [0.717, 1.165) is 6.07 Å². The summed E-state index contributed by atoms with van der Waals surface area (Å²) in [6.07, 6.45) is -0.169. The highest BCUT2D eigenvalue weighted by Gasteiger charge is 2.54. The molecule has 1 fully saturated rings. The van der Waals surface area contributed by atoms with E-state index >= 15 is 0 Å². The zero-order valence-corrected chi connectivity index (χ0v) is 13.9. The minimum Gasteiger partial charge on any atom is -0.469 e. The lowest BCUT2D eigenvalue weighted by molar-refractivity contribution is -0.140. The SMILES string of the molecule is COC(=O)CC(B1OC(C)(C)C(C)(C)O1)c1ccc(F)nc1F. The van der Waals surface area contributed by atoms with E-state index in [9.17, 15) is 13.6 Å². The summed E-state index contributed by atoms with van der Waals surface area (Å²) < 4.78 is 43.6. The summed E-state index contributed by atoms with van der Waals surface area (Å²) in [6.45, 7) is 7.39. The number of rotatable bonds is 4. The van der Waals surface area contributed by atoms with Gasteiger partial charge < -0.3 is 14.0 Å². The lowest BCUT2D eigenvalue weighted by atomic mass is 9.66. The molecule has 0 spiro atoms. The van der Waals surface area contributed by atoms with Crippen molar-refractivity contribution in [2.24, 2.45) is 0 Å². The topological polar surface area (TPSA) is 57.7 Å². The van der Waals surface area contributed by atoms with Crippen LogP contribution in [0.5, 0.6) is 0 Å². The number of carbonyl (C=O) groups excluding carboxylic acids is 1. The molecule has 1 saturated heterocycles. The summed E-state index contributed by atoms with van der Waals surface area (Å²) in [5, 5.41) is 0. The molecule has 0 aliphatic carbocycles. The third-order valence-corrected chi connectivity index (χ3v) is 4.46. The quantitative estimate of drug-likeness (QED) is 0.483. The highest BCUT2D eigenvalue weighted by Crippen LogP contribution is 2.42. The van der Waals surface area contributed by atoms with Gasteiger partial charge in [0.2, 0.25) is 11.9 Å². The lowest BCUT2D eigenvalue weighted by Gasteiger charge is -2.32. The Hall–Kier alpha value is -1.54. The molecule has 2 rings (SSSR count). The first-order valence-electron chi connectivity index (χ1n) is 7.32. The second kappa shape index (κ2) is 6.16. The molecular weight excluding hydrogens is 307 g/mol. The van der Waals surface area contributed by atoms with Crippen LogP contribution in [-0.4, -0.2) is 36.4 Å². The zero-order chi connectivity index (χ0) is 17.4. The van der Waals surface area contributed by atoms with Crippen molar-refractivity contribution in [3.8, 4) is 0 Å². The van der Waals surface area contributed by atoms with Gasteiger partial charge in [0.1, 0.15) is 0 Å². The summed E-state index contributed by atoms with van der Waals surface area (Å²) in [6, 6.07) is 2.28. The first-order chi connectivity index (χ1) is 10.6. The van der Waals surface area contributed by atoms with Gasteiger partial charge in [0.25, 0.3) is 0 Å². The maximum atomic E-state index is 14.1. The maximum Gasteiger partial charge on any atom is 0.466 e. The van der Waals surface area contributed by atoms with Crippen LogP contribution in [0.1, 0.15) is 45.5 Å². The van der Waals surface area contributed by atoms with Crippen LogP contribution in [0.2, 0.25) is 0 Å². The number of esters is 1. The van der Waals surface area contributed by atoms with Crippen LogP contribution in [0.25, 0.3) is 0 Å². The maximum absolute atomic E-state index is 14.1. The Morgan fingerprint density at radius 3 is 2.30 bits per heavy atom. The number of hydrogen-bond donors (Lipinski definition) is 0. The van der Waals surface area contributed by atoms with Crippen molar-refractivity contribution in [1.29, 1.82) is 0 Å². The Morgan fingerprint density at radius 1 is 1.26 bits per heavy atom. The molecular formula is C15H20BF2NO4. The Balaban J connectivity index is 2.38. The number of hydrogen-bond acceptors (Lipinski definition) is 5.